The highest BCUT2D eigenvalue weighted by molar-refractivity contribution is 5.89. The Morgan fingerprint density at radius 1 is 1.17 bits per heavy atom. The Kier molecular flexibility index (Phi) is 4.13. The van der Waals surface area contributed by atoms with Crippen LogP contribution >= 0.6 is 0 Å². The van der Waals surface area contributed by atoms with Gasteiger partial charge in [0.25, 0.3) is 0 Å². The summed E-state index contributed by atoms with van der Waals surface area (Å²) in [4.78, 5) is 17.3. The number of amides is 1. The van der Waals surface area contributed by atoms with Crippen molar-refractivity contribution in [3.8, 4) is 0 Å². The smallest absolute Gasteiger partial charge is 0.232 e. The lowest BCUT2D eigenvalue weighted by atomic mass is 9.71. The van der Waals surface area contributed by atoms with Crippen molar-refractivity contribution in [2.45, 2.75) is 57.7 Å². The van der Waals surface area contributed by atoms with Gasteiger partial charge in [0, 0.05) is 12.6 Å². The number of hydrogen-bond acceptors (Lipinski definition) is 3. The molecule has 2 saturated heterocycles. The number of hydrogen-bond donors (Lipinski definition) is 0. The fourth-order valence-electron chi connectivity index (χ4n) is 4.85. The molecule has 1 aliphatic carbocycles. The van der Waals surface area contributed by atoms with E-state index in [1.54, 1.807) is 0 Å². The third-order valence-electron chi connectivity index (χ3n) is 6.10. The quantitative estimate of drug-likeness (QED) is 0.799. The van der Waals surface area contributed by atoms with Gasteiger partial charge in [0.15, 0.2) is 0 Å². The standard InChI is InChI=1S/C20H28N2O2/c1-20(2)18(15-8-4-3-5-9-15)22(19(20)23)14-21-12-13-24-17-11-7-6-10-16(17)21/h3-5,8-9,16-18H,6-7,10-14H2,1-2H3. The third kappa shape index (κ3) is 2.56. The summed E-state index contributed by atoms with van der Waals surface area (Å²) in [5, 5.41) is 0. The highest BCUT2D eigenvalue weighted by Crippen LogP contribution is 2.49. The minimum atomic E-state index is -0.306. The maximum atomic E-state index is 12.8. The summed E-state index contributed by atoms with van der Waals surface area (Å²) in [6.07, 6.45) is 5.29. The molecule has 4 heteroatoms. The van der Waals surface area contributed by atoms with Crippen LogP contribution in [0, 0.1) is 5.41 Å². The lowest BCUT2D eigenvalue weighted by Gasteiger charge is -2.56. The molecular weight excluding hydrogens is 300 g/mol. The molecular formula is C20H28N2O2. The van der Waals surface area contributed by atoms with E-state index in [0.717, 1.165) is 19.8 Å². The number of rotatable bonds is 3. The van der Waals surface area contributed by atoms with E-state index in [-0.39, 0.29) is 17.4 Å². The molecule has 1 aromatic rings. The number of β-lactam (4-membered cyclic amide) rings is 1. The monoisotopic (exact) mass is 328 g/mol. The van der Waals surface area contributed by atoms with Crippen molar-refractivity contribution in [2.75, 3.05) is 19.8 Å². The molecule has 4 nitrogen and oxygen atoms in total. The maximum absolute atomic E-state index is 12.8. The number of carbonyl (C=O) groups is 1. The molecule has 24 heavy (non-hydrogen) atoms. The molecule has 0 spiro atoms. The van der Waals surface area contributed by atoms with Crippen molar-refractivity contribution >= 4 is 5.91 Å². The SMILES string of the molecule is CC1(C)C(=O)N(CN2CCOC3CCCCC32)C1c1ccccc1. The van der Waals surface area contributed by atoms with Gasteiger partial charge in [-0.2, -0.15) is 0 Å². The van der Waals surface area contributed by atoms with Gasteiger partial charge in [0.2, 0.25) is 5.91 Å². The van der Waals surface area contributed by atoms with Crippen LogP contribution in [0.1, 0.15) is 51.1 Å². The normalized spacial score (nSPS) is 33.0. The van der Waals surface area contributed by atoms with Crippen molar-refractivity contribution in [1.29, 1.82) is 0 Å². The molecule has 1 aromatic carbocycles. The van der Waals surface area contributed by atoms with Gasteiger partial charge in [0.05, 0.1) is 30.8 Å². The summed E-state index contributed by atoms with van der Waals surface area (Å²) in [6.45, 7) is 6.63. The van der Waals surface area contributed by atoms with Crippen molar-refractivity contribution in [1.82, 2.24) is 9.80 Å². The molecule has 1 saturated carbocycles. The van der Waals surface area contributed by atoms with Crippen molar-refractivity contribution in [3.05, 3.63) is 35.9 Å². The lowest BCUT2D eigenvalue weighted by molar-refractivity contribution is -0.181. The summed E-state index contributed by atoms with van der Waals surface area (Å²) < 4.78 is 5.98. The van der Waals surface area contributed by atoms with Crippen LogP contribution in [0.25, 0.3) is 0 Å². The summed E-state index contributed by atoms with van der Waals surface area (Å²) in [6, 6.07) is 11.1. The number of likely N-dealkylation sites (tertiary alicyclic amines) is 1. The Morgan fingerprint density at radius 2 is 1.92 bits per heavy atom. The summed E-state index contributed by atoms with van der Waals surface area (Å²) >= 11 is 0. The zero-order chi connectivity index (χ0) is 16.7. The van der Waals surface area contributed by atoms with E-state index in [1.165, 1.54) is 31.2 Å². The van der Waals surface area contributed by atoms with Gasteiger partial charge in [-0.3, -0.25) is 9.69 Å². The average Bonchev–Trinajstić information content (AvgIpc) is 2.62. The highest BCUT2D eigenvalue weighted by atomic mass is 16.5. The predicted octanol–water partition coefficient (Wildman–Crippen LogP) is 3.20. The van der Waals surface area contributed by atoms with E-state index in [4.69, 9.17) is 4.74 Å². The second kappa shape index (κ2) is 6.16. The first-order valence-corrected chi connectivity index (χ1v) is 9.31. The fraction of sp³-hybridized carbons (Fsp3) is 0.650. The molecule has 130 valence electrons. The van der Waals surface area contributed by atoms with E-state index in [1.807, 2.05) is 6.07 Å². The van der Waals surface area contributed by atoms with Gasteiger partial charge in [-0.15, -0.1) is 0 Å². The van der Waals surface area contributed by atoms with Crippen LogP contribution in [0.5, 0.6) is 0 Å². The summed E-state index contributed by atoms with van der Waals surface area (Å²) in [5.41, 5.74) is 0.940. The van der Waals surface area contributed by atoms with E-state index in [0.29, 0.717) is 12.1 Å². The van der Waals surface area contributed by atoms with E-state index >= 15 is 0 Å². The van der Waals surface area contributed by atoms with E-state index in [9.17, 15) is 4.79 Å². The minimum absolute atomic E-state index is 0.177. The molecule has 0 N–H and O–H groups in total. The zero-order valence-corrected chi connectivity index (χ0v) is 14.8. The molecule has 0 bridgehead atoms. The van der Waals surface area contributed by atoms with Crippen LogP contribution in [0.4, 0.5) is 0 Å². The first-order valence-electron chi connectivity index (χ1n) is 9.31. The van der Waals surface area contributed by atoms with Crippen LogP contribution in [-0.2, 0) is 9.53 Å². The van der Waals surface area contributed by atoms with Crippen LogP contribution in [0.2, 0.25) is 0 Å². The van der Waals surface area contributed by atoms with Gasteiger partial charge in [-0.25, -0.2) is 0 Å². The van der Waals surface area contributed by atoms with Gasteiger partial charge >= 0.3 is 0 Å². The molecule has 3 fully saturated rings. The molecule has 1 amide bonds. The molecule has 2 aliphatic heterocycles. The number of carbonyl (C=O) groups excluding carboxylic acids is 1. The second-order valence-corrected chi connectivity index (χ2v) is 8.02. The minimum Gasteiger partial charge on any atom is -0.375 e. The topological polar surface area (TPSA) is 32.8 Å². The Bertz CT molecular complexity index is 599. The number of nitrogens with zero attached hydrogens (tertiary/aromatic N) is 2. The van der Waals surface area contributed by atoms with Crippen molar-refractivity contribution in [2.24, 2.45) is 5.41 Å². The fourth-order valence-corrected chi connectivity index (χ4v) is 4.85. The first kappa shape index (κ1) is 16.1. The lowest BCUT2D eigenvalue weighted by Crippen LogP contribution is -2.65. The Labute approximate surface area is 144 Å². The van der Waals surface area contributed by atoms with Crippen molar-refractivity contribution in [3.63, 3.8) is 0 Å². The molecule has 3 unspecified atom stereocenters. The van der Waals surface area contributed by atoms with Crippen LogP contribution < -0.4 is 0 Å². The molecule has 3 aliphatic rings. The number of fused-ring (bicyclic) bond motifs is 1. The maximum Gasteiger partial charge on any atom is 0.232 e. The largest absolute Gasteiger partial charge is 0.375 e. The number of benzene rings is 1. The van der Waals surface area contributed by atoms with Crippen molar-refractivity contribution < 1.29 is 9.53 Å². The Hall–Kier alpha value is -1.39. The van der Waals surface area contributed by atoms with Crippen LogP contribution in [-0.4, -0.2) is 47.7 Å². The number of ether oxygens (including phenoxy) is 1. The van der Waals surface area contributed by atoms with Gasteiger partial charge in [-0.1, -0.05) is 43.2 Å². The van der Waals surface area contributed by atoms with Crippen LogP contribution in [0.15, 0.2) is 30.3 Å². The third-order valence-corrected chi connectivity index (χ3v) is 6.10. The molecule has 4 rings (SSSR count). The highest BCUT2D eigenvalue weighted by Gasteiger charge is 2.55. The van der Waals surface area contributed by atoms with E-state index in [2.05, 4.69) is 47.9 Å². The molecule has 0 radical (unpaired) electrons. The number of morpholine rings is 1. The predicted molar refractivity (Wildman–Crippen MR) is 93.4 cm³/mol. The summed E-state index contributed by atoms with van der Waals surface area (Å²) in [5.74, 6) is 0.273. The molecule has 3 atom stereocenters. The average molecular weight is 328 g/mol. The first-order chi connectivity index (χ1) is 11.6. The molecule has 2 heterocycles. The van der Waals surface area contributed by atoms with Gasteiger partial charge in [-0.05, 0) is 32.3 Å². The van der Waals surface area contributed by atoms with Gasteiger partial charge in [0.1, 0.15) is 0 Å². The second-order valence-electron chi connectivity index (χ2n) is 8.02. The molecule has 0 aromatic heterocycles. The zero-order valence-electron chi connectivity index (χ0n) is 14.8. The van der Waals surface area contributed by atoms with Gasteiger partial charge < -0.3 is 9.64 Å². The van der Waals surface area contributed by atoms with Crippen LogP contribution in [0.3, 0.4) is 0 Å². The summed E-state index contributed by atoms with van der Waals surface area (Å²) in [7, 11) is 0. The van der Waals surface area contributed by atoms with E-state index < -0.39 is 0 Å². The Morgan fingerprint density at radius 3 is 2.71 bits per heavy atom. The Balaban J connectivity index is 1.53.